The lowest BCUT2D eigenvalue weighted by Gasteiger charge is -2.26. The van der Waals surface area contributed by atoms with E-state index in [1.54, 1.807) is 0 Å². The molecule has 1 fully saturated rings. The Balaban J connectivity index is 0.00000480. The van der Waals surface area contributed by atoms with Crippen molar-refractivity contribution in [3.63, 3.8) is 0 Å². The van der Waals surface area contributed by atoms with Crippen LogP contribution in [0.1, 0.15) is 32.8 Å². The van der Waals surface area contributed by atoms with Gasteiger partial charge < -0.3 is 25.0 Å². The van der Waals surface area contributed by atoms with E-state index < -0.39 is 0 Å². The van der Waals surface area contributed by atoms with Crippen LogP contribution in [0.15, 0.2) is 29.3 Å². The highest BCUT2D eigenvalue weighted by Crippen LogP contribution is 2.18. The van der Waals surface area contributed by atoms with Crippen LogP contribution in [0.4, 0.5) is 0 Å². The molecule has 7 nitrogen and oxygen atoms in total. The zero-order valence-corrected chi connectivity index (χ0v) is 21.9. The van der Waals surface area contributed by atoms with Crippen LogP contribution in [0.5, 0.6) is 5.75 Å². The number of rotatable bonds is 13. The number of likely N-dealkylation sites (N-methyl/N-ethyl adjacent to an activating group) is 1. The van der Waals surface area contributed by atoms with Crippen LogP contribution in [-0.4, -0.2) is 87.9 Å². The molecule has 0 bridgehead atoms. The largest absolute Gasteiger partial charge is 0.492 e. The van der Waals surface area contributed by atoms with Gasteiger partial charge in [0.1, 0.15) is 12.4 Å². The van der Waals surface area contributed by atoms with Gasteiger partial charge in [-0.15, -0.1) is 24.0 Å². The summed E-state index contributed by atoms with van der Waals surface area (Å²) in [6.07, 6.45) is 1.09. The number of hydrogen-bond acceptors (Lipinski definition) is 5. The first-order valence-corrected chi connectivity index (χ1v) is 11.5. The summed E-state index contributed by atoms with van der Waals surface area (Å²) in [4.78, 5) is 9.60. The summed E-state index contributed by atoms with van der Waals surface area (Å²) in [5.74, 6) is 1.79. The molecule has 0 atom stereocenters. The molecule has 31 heavy (non-hydrogen) atoms. The van der Waals surface area contributed by atoms with Gasteiger partial charge >= 0.3 is 0 Å². The van der Waals surface area contributed by atoms with E-state index in [0.29, 0.717) is 13.2 Å². The standard InChI is InChI=1S/C23H41N5O2.HI/c1-4-24-23(25-12-9-13-28-14-17-29-18-15-28)26-20-21-10-7-8-11-22(21)30-19-16-27(5-2)6-3;/h7-8,10-11H,4-6,9,12-20H2,1-3H3,(H2,24,25,26);1H. The van der Waals surface area contributed by atoms with Gasteiger partial charge in [0.2, 0.25) is 0 Å². The van der Waals surface area contributed by atoms with Crippen LogP contribution < -0.4 is 15.4 Å². The zero-order chi connectivity index (χ0) is 21.4. The van der Waals surface area contributed by atoms with Gasteiger partial charge in [-0.05, 0) is 39.0 Å². The Morgan fingerprint density at radius 3 is 2.58 bits per heavy atom. The first-order valence-electron chi connectivity index (χ1n) is 11.5. The summed E-state index contributed by atoms with van der Waals surface area (Å²) in [5.41, 5.74) is 1.11. The molecule has 0 aromatic heterocycles. The third-order valence-electron chi connectivity index (χ3n) is 5.33. The number of benzene rings is 1. The molecule has 1 saturated heterocycles. The van der Waals surface area contributed by atoms with Crippen LogP contribution in [0, 0.1) is 0 Å². The monoisotopic (exact) mass is 547 g/mol. The summed E-state index contributed by atoms with van der Waals surface area (Å²) >= 11 is 0. The summed E-state index contributed by atoms with van der Waals surface area (Å²) in [7, 11) is 0. The van der Waals surface area contributed by atoms with E-state index in [4.69, 9.17) is 14.5 Å². The van der Waals surface area contributed by atoms with E-state index >= 15 is 0 Å². The van der Waals surface area contributed by atoms with E-state index in [1.165, 1.54) is 0 Å². The minimum absolute atomic E-state index is 0. The molecule has 2 N–H and O–H groups in total. The predicted molar refractivity (Wildman–Crippen MR) is 140 cm³/mol. The van der Waals surface area contributed by atoms with E-state index in [0.717, 1.165) is 89.3 Å². The second kappa shape index (κ2) is 17.5. The molecule has 0 spiro atoms. The molecule has 0 aliphatic carbocycles. The summed E-state index contributed by atoms with van der Waals surface area (Å²) < 4.78 is 11.5. The average Bonchev–Trinajstić information content (AvgIpc) is 2.79. The lowest BCUT2D eigenvalue weighted by atomic mass is 10.2. The minimum Gasteiger partial charge on any atom is -0.492 e. The SMILES string of the molecule is CCNC(=NCc1ccccc1OCCN(CC)CC)NCCCN1CCOCC1.I. The lowest BCUT2D eigenvalue weighted by Crippen LogP contribution is -2.40. The molecule has 0 radical (unpaired) electrons. The van der Waals surface area contributed by atoms with Gasteiger partial charge in [-0.2, -0.15) is 0 Å². The number of guanidine groups is 1. The Kier molecular flexibility index (Phi) is 15.7. The van der Waals surface area contributed by atoms with Crippen molar-refractivity contribution in [2.45, 2.75) is 33.7 Å². The van der Waals surface area contributed by atoms with Crippen molar-refractivity contribution in [1.29, 1.82) is 0 Å². The van der Waals surface area contributed by atoms with Gasteiger partial charge in [-0.1, -0.05) is 32.0 Å². The molecule has 1 aliphatic rings. The van der Waals surface area contributed by atoms with Crippen molar-refractivity contribution >= 4 is 29.9 Å². The maximum Gasteiger partial charge on any atom is 0.191 e. The van der Waals surface area contributed by atoms with Gasteiger partial charge in [0.05, 0.1) is 19.8 Å². The lowest BCUT2D eigenvalue weighted by molar-refractivity contribution is 0.0376. The molecule has 0 unspecified atom stereocenters. The van der Waals surface area contributed by atoms with E-state index in [2.05, 4.69) is 47.3 Å². The third kappa shape index (κ3) is 11.4. The predicted octanol–water partition coefficient (Wildman–Crippen LogP) is 2.80. The van der Waals surface area contributed by atoms with Gasteiger partial charge in [-0.3, -0.25) is 4.90 Å². The summed E-state index contributed by atoms with van der Waals surface area (Å²) in [6, 6.07) is 8.20. The average molecular weight is 548 g/mol. The van der Waals surface area contributed by atoms with E-state index in [1.807, 2.05) is 18.2 Å². The second-order valence-electron chi connectivity index (χ2n) is 7.41. The first kappa shape index (κ1) is 27.9. The maximum atomic E-state index is 6.06. The molecule has 1 aliphatic heterocycles. The van der Waals surface area contributed by atoms with Crippen molar-refractivity contribution in [2.24, 2.45) is 4.99 Å². The fourth-order valence-corrected chi connectivity index (χ4v) is 3.44. The quantitative estimate of drug-likeness (QED) is 0.172. The van der Waals surface area contributed by atoms with E-state index in [9.17, 15) is 0 Å². The minimum atomic E-state index is 0. The number of hydrogen-bond donors (Lipinski definition) is 2. The fourth-order valence-electron chi connectivity index (χ4n) is 3.44. The Hall–Kier alpha value is -1.10. The summed E-state index contributed by atoms with van der Waals surface area (Å²) in [5, 5.41) is 6.80. The molecular formula is C23H42IN5O2. The molecule has 1 aromatic carbocycles. The number of morpholine rings is 1. The Morgan fingerprint density at radius 1 is 1.13 bits per heavy atom. The molecule has 8 heteroatoms. The number of para-hydroxylation sites is 1. The van der Waals surface area contributed by atoms with E-state index in [-0.39, 0.29) is 24.0 Å². The molecule has 1 heterocycles. The number of halogens is 1. The zero-order valence-electron chi connectivity index (χ0n) is 19.6. The fraction of sp³-hybridized carbons (Fsp3) is 0.696. The summed E-state index contributed by atoms with van der Waals surface area (Å²) in [6.45, 7) is 17.4. The van der Waals surface area contributed by atoms with Crippen LogP contribution in [0.25, 0.3) is 0 Å². The van der Waals surface area contributed by atoms with Crippen LogP contribution in [0.3, 0.4) is 0 Å². The topological polar surface area (TPSA) is 61.4 Å². The van der Waals surface area contributed by atoms with Crippen molar-refractivity contribution in [2.75, 3.05) is 72.2 Å². The first-order chi connectivity index (χ1) is 14.8. The Labute approximate surface area is 206 Å². The van der Waals surface area contributed by atoms with Crippen LogP contribution >= 0.6 is 24.0 Å². The normalized spacial score (nSPS) is 14.9. The molecule has 0 amide bonds. The van der Waals surface area contributed by atoms with Crippen molar-refractivity contribution in [1.82, 2.24) is 20.4 Å². The molecule has 0 saturated carbocycles. The highest BCUT2D eigenvalue weighted by Gasteiger charge is 2.09. The molecule has 1 aromatic rings. The number of nitrogens with one attached hydrogen (secondary N) is 2. The van der Waals surface area contributed by atoms with Crippen molar-refractivity contribution < 1.29 is 9.47 Å². The highest BCUT2D eigenvalue weighted by atomic mass is 127. The van der Waals surface area contributed by atoms with Crippen molar-refractivity contribution in [3.05, 3.63) is 29.8 Å². The van der Waals surface area contributed by atoms with Crippen molar-refractivity contribution in [3.8, 4) is 5.75 Å². The highest BCUT2D eigenvalue weighted by molar-refractivity contribution is 14.0. The molecule has 2 rings (SSSR count). The number of nitrogens with zero attached hydrogens (tertiary/aromatic N) is 3. The number of ether oxygens (including phenoxy) is 2. The van der Waals surface area contributed by atoms with Gasteiger partial charge in [0.25, 0.3) is 0 Å². The Bertz CT molecular complexity index is 607. The molecule has 178 valence electrons. The second-order valence-corrected chi connectivity index (χ2v) is 7.41. The van der Waals surface area contributed by atoms with Gasteiger partial charge in [0.15, 0.2) is 5.96 Å². The van der Waals surface area contributed by atoms with Gasteiger partial charge in [0, 0.05) is 38.3 Å². The number of aliphatic imine (C=N–C) groups is 1. The Morgan fingerprint density at radius 2 is 1.87 bits per heavy atom. The smallest absolute Gasteiger partial charge is 0.191 e. The van der Waals surface area contributed by atoms with Crippen LogP contribution in [-0.2, 0) is 11.3 Å². The molecular weight excluding hydrogens is 505 g/mol. The van der Waals surface area contributed by atoms with Crippen LogP contribution in [0.2, 0.25) is 0 Å². The third-order valence-corrected chi connectivity index (χ3v) is 5.33. The maximum absolute atomic E-state index is 6.06. The van der Waals surface area contributed by atoms with Gasteiger partial charge in [-0.25, -0.2) is 4.99 Å².